The first-order chi connectivity index (χ1) is 11.3. The number of hydrogen-bond acceptors (Lipinski definition) is 5. The van der Waals surface area contributed by atoms with Crippen LogP contribution in [0.3, 0.4) is 0 Å². The van der Waals surface area contributed by atoms with Gasteiger partial charge in [-0.2, -0.15) is 0 Å². The Morgan fingerprint density at radius 1 is 1.22 bits per heavy atom. The van der Waals surface area contributed by atoms with Gasteiger partial charge in [-0.3, -0.25) is 9.78 Å². The van der Waals surface area contributed by atoms with Crippen molar-refractivity contribution in [2.45, 2.75) is 0 Å². The van der Waals surface area contributed by atoms with Gasteiger partial charge < -0.3 is 15.0 Å². The van der Waals surface area contributed by atoms with Crippen LogP contribution in [-0.2, 0) is 9.53 Å². The Morgan fingerprint density at radius 3 is 3.00 bits per heavy atom. The molecule has 0 fully saturated rings. The molecular formula is C17H12N4O2. The van der Waals surface area contributed by atoms with Gasteiger partial charge >= 0.3 is 0 Å². The fourth-order valence-corrected chi connectivity index (χ4v) is 2.37. The Morgan fingerprint density at radius 2 is 2.13 bits per heavy atom. The van der Waals surface area contributed by atoms with E-state index >= 15 is 0 Å². The quantitative estimate of drug-likeness (QED) is 0.727. The van der Waals surface area contributed by atoms with Gasteiger partial charge in [-0.05, 0) is 30.3 Å². The van der Waals surface area contributed by atoms with Gasteiger partial charge in [0.05, 0.1) is 18.0 Å². The number of fused-ring (bicyclic) bond motifs is 1. The Bertz CT molecular complexity index is 941. The molecule has 112 valence electrons. The third-order valence-electron chi connectivity index (χ3n) is 3.42. The average Bonchev–Trinajstić information content (AvgIpc) is 3.13. The van der Waals surface area contributed by atoms with Gasteiger partial charge in [-0.25, -0.2) is 4.98 Å². The zero-order chi connectivity index (χ0) is 15.6. The topological polar surface area (TPSA) is 79.9 Å². The Hall–Kier alpha value is -3.41. The molecule has 2 N–H and O–H groups in total. The molecular weight excluding hydrogens is 292 g/mol. The predicted molar refractivity (Wildman–Crippen MR) is 86.1 cm³/mol. The normalized spacial score (nSPS) is 15.7. The number of ketones is 1. The number of pyridine rings is 2. The summed E-state index contributed by atoms with van der Waals surface area (Å²) in [6, 6.07) is 7.43. The van der Waals surface area contributed by atoms with E-state index in [0.29, 0.717) is 5.88 Å². The fraction of sp³-hybridized carbons (Fsp3) is 0. The van der Waals surface area contributed by atoms with E-state index in [2.05, 4.69) is 20.3 Å². The monoisotopic (exact) mass is 304 g/mol. The lowest BCUT2D eigenvalue weighted by Gasteiger charge is -2.06. The van der Waals surface area contributed by atoms with Crippen LogP contribution < -0.4 is 5.32 Å². The van der Waals surface area contributed by atoms with Crippen LogP contribution in [0.25, 0.3) is 17.1 Å². The molecule has 1 aliphatic heterocycles. The van der Waals surface area contributed by atoms with Gasteiger partial charge in [-0.15, -0.1) is 0 Å². The van der Waals surface area contributed by atoms with Gasteiger partial charge in [0.1, 0.15) is 5.65 Å². The Kier molecular flexibility index (Phi) is 3.12. The molecule has 0 bridgehead atoms. The third-order valence-corrected chi connectivity index (χ3v) is 3.42. The largest absolute Gasteiger partial charge is 0.437 e. The second-order valence-electron chi connectivity index (χ2n) is 4.99. The number of aromatic nitrogens is 3. The summed E-state index contributed by atoms with van der Waals surface area (Å²) >= 11 is 0. The summed E-state index contributed by atoms with van der Waals surface area (Å²) in [7, 11) is 0. The van der Waals surface area contributed by atoms with Crippen LogP contribution in [0.4, 0.5) is 5.69 Å². The maximum atomic E-state index is 12.1. The summed E-state index contributed by atoms with van der Waals surface area (Å²) < 4.78 is 5.60. The first-order valence-electron chi connectivity index (χ1n) is 7.04. The molecule has 4 rings (SSSR count). The van der Waals surface area contributed by atoms with Crippen molar-refractivity contribution < 1.29 is 9.53 Å². The lowest BCUT2D eigenvalue weighted by molar-refractivity contribution is -0.112. The second-order valence-corrected chi connectivity index (χ2v) is 4.99. The lowest BCUT2D eigenvalue weighted by Crippen LogP contribution is -1.99. The van der Waals surface area contributed by atoms with Gasteiger partial charge in [0.25, 0.3) is 0 Å². The van der Waals surface area contributed by atoms with Crippen LogP contribution in [-0.4, -0.2) is 20.7 Å². The van der Waals surface area contributed by atoms with E-state index < -0.39 is 0 Å². The van der Waals surface area contributed by atoms with Crippen molar-refractivity contribution in [3.8, 4) is 0 Å². The number of nitrogens with zero attached hydrogens (tertiary/aromatic N) is 2. The summed E-state index contributed by atoms with van der Waals surface area (Å²) in [5, 5.41) is 3.95. The fourth-order valence-electron chi connectivity index (χ4n) is 2.37. The molecule has 1 aliphatic rings. The van der Waals surface area contributed by atoms with Crippen molar-refractivity contribution in [2.24, 2.45) is 0 Å². The number of aromatic amines is 1. The highest BCUT2D eigenvalue weighted by molar-refractivity contribution is 6.09. The first kappa shape index (κ1) is 13.3. The summed E-state index contributed by atoms with van der Waals surface area (Å²) in [5.41, 5.74) is 2.38. The molecule has 0 aromatic carbocycles. The minimum Gasteiger partial charge on any atom is -0.437 e. The van der Waals surface area contributed by atoms with Crippen LogP contribution in [0.5, 0.6) is 0 Å². The van der Waals surface area contributed by atoms with Crippen LogP contribution in [0.15, 0.2) is 66.8 Å². The SMILES string of the molecule is O=C1C=C(Nc2cccnc2)O/C1=C\c1c[nH]c2ncccc12. The number of carbonyl (C=O) groups is 1. The molecule has 0 spiro atoms. The standard InChI is InChI=1S/C17H12N4O2/c22-14-8-16(21-12-3-1-5-18-10-12)23-15(14)7-11-9-20-17-13(11)4-2-6-19-17/h1-10,21H,(H,19,20)/b15-7-. The number of anilines is 1. The van der Waals surface area contributed by atoms with Crippen molar-refractivity contribution in [3.05, 3.63) is 72.3 Å². The molecule has 3 aromatic rings. The number of nitrogens with one attached hydrogen (secondary N) is 2. The third kappa shape index (κ3) is 2.57. The summed E-state index contributed by atoms with van der Waals surface area (Å²) in [6.45, 7) is 0. The van der Waals surface area contributed by atoms with Crippen molar-refractivity contribution in [3.63, 3.8) is 0 Å². The summed E-state index contributed by atoms with van der Waals surface area (Å²) in [4.78, 5) is 23.4. The molecule has 3 aromatic heterocycles. The van der Waals surface area contributed by atoms with Crippen LogP contribution in [0.2, 0.25) is 0 Å². The summed E-state index contributed by atoms with van der Waals surface area (Å²) in [6.07, 6.45) is 9.97. The van der Waals surface area contributed by atoms with Crippen molar-refractivity contribution in [1.82, 2.24) is 15.0 Å². The number of carbonyl (C=O) groups excluding carboxylic acids is 1. The minimum atomic E-state index is -0.186. The first-order valence-corrected chi connectivity index (χ1v) is 7.04. The smallest absolute Gasteiger partial charge is 0.226 e. The lowest BCUT2D eigenvalue weighted by atomic mass is 10.2. The minimum absolute atomic E-state index is 0.186. The Labute approximate surface area is 131 Å². The van der Waals surface area contributed by atoms with Gasteiger partial charge in [0, 0.05) is 29.5 Å². The highest BCUT2D eigenvalue weighted by Crippen LogP contribution is 2.24. The van der Waals surface area contributed by atoms with Gasteiger partial charge in [0.2, 0.25) is 11.7 Å². The number of ether oxygens (including phenoxy) is 1. The van der Waals surface area contributed by atoms with Crippen molar-refractivity contribution in [1.29, 1.82) is 0 Å². The Balaban J connectivity index is 1.58. The molecule has 6 heteroatoms. The van der Waals surface area contributed by atoms with Crippen LogP contribution >= 0.6 is 0 Å². The van der Waals surface area contributed by atoms with E-state index in [-0.39, 0.29) is 11.5 Å². The molecule has 0 atom stereocenters. The van der Waals surface area contributed by atoms with Crippen LogP contribution in [0, 0.1) is 0 Å². The van der Waals surface area contributed by atoms with E-state index in [1.165, 1.54) is 6.08 Å². The van der Waals surface area contributed by atoms with E-state index in [1.807, 2.05) is 18.2 Å². The molecule has 23 heavy (non-hydrogen) atoms. The van der Waals surface area contributed by atoms with E-state index in [9.17, 15) is 4.79 Å². The zero-order valence-electron chi connectivity index (χ0n) is 12.0. The van der Waals surface area contributed by atoms with Crippen molar-refractivity contribution in [2.75, 3.05) is 5.32 Å². The van der Waals surface area contributed by atoms with Crippen molar-refractivity contribution >= 4 is 28.6 Å². The summed E-state index contributed by atoms with van der Waals surface area (Å²) in [5.74, 6) is 0.461. The average molecular weight is 304 g/mol. The maximum Gasteiger partial charge on any atom is 0.226 e. The molecule has 0 saturated carbocycles. The molecule has 0 unspecified atom stereocenters. The number of hydrogen-bond donors (Lipinski definition) is 2. The molecule has 4 heterocycles. The second kappa shape index (κ2) is 5.42. The zero-order valence-corrected chi connectivity index (χ0v) is 12.0. The molecule has 6 nitrogen and oxygen atoms in total. The molecule has 0 radical (unpaired) electrons. The maximum absolute atomic E-state index is 12.1. The molecule has 0 aliphatic carbocycles. The van der Waals surface area contributed by atoms with E-state index in [1.54, 1.807) is 36.9 Å². The highest BCUT2D eigenvalue weighted by Gasteiger charge is 2.21. The van der Waals surface area contributed by atoms with Gasteiger partial charge in [-0.1, -0.05) is 0 Å². The molecule has 0 amide bonds. The number of rotatable bonds is 3. The number of allylic oxidation sites excluding steroid dienone is 1. The highest BCUT2D eigenvalue weighted by atomic mass is 16.5. The predicted octanol–water partition coefficient (Wildman–Crippen LogP) is 2.85. The molecule has 0 saturated heterocycles. The van der Waals surface area contributed by atoms with Gasteiger partial charge in [0.15, 0.2) is 5.76 Å². The van der Waals surface area contributed by atoms with E-state index in [4.69, 9.17) is 4.74 Å². The van der Waals surface area contributed by atoms with Crippen LogP contribution in [0.1, 0.15) is 5.56 Å². The van der Waals surface area contributed by atoms with E-state index in [0.717, 1.165) is 22.3 Å². The number of H-pyrrole nitrogens is 1.